The molecule has 5 atom stereocenters. The molecule has 1 N–H and O–H groups in total. The minimum atomic E-state index is -6.78. The second-order valence-electron chi connectivity index (χ2n) is 18.6. The first-order chi connectivity index (χ1) is 32.5. The summed E-state index contributed by atoms with van der Waals surface area (Å²) < 4.78 is 171. The normalized spacial score (nSPS) is 22.8. The fraction of sp³-hybridized carbons (Fsp3) is 0.646. The molecule has 0 spiro atoms. The van der Waals surface area contributed by atoms with Crippen LogP contribution in [0.3, 0.4) is 0 Å². The predicted octanol–water partition coefficient (Wildman–Crippen LogP) is 9.67. The SMILES string of the molecule is CN(CCCCCC(=O)NCCOCCN1C(=O)C=CC1=O)Cc1c(F)cc(COc2ccc3c(c2)CCC2C3CCC3(C)C(OCCCOC(C(F)(F)F)(C(F)(F)F)C(F)(F)F)CCC23)cc1F. The van der Waals surface area contributed by atoms with E-state index in [1.165, 1.54) is 29.8 Å². The molecule has 3 aliphatic carbocycles. The molecule has 5 unspecified atom stereocenters. The van der Waals surface area contributed by atoms with E-state index in [0.29, 0.717) is 43.5 Å². The number of alkyl halides is 9. The van der Waals surface area contributed by atoms with Crippen molar-refractivity contribution in [2.24, 2.45) is 17.3 Å². The highest BCUT2D eigenvalue weighted by Crippen LogP contribution is 2.62. The number of hydrogen-bond donors (Lipinski definition) is 1. The zero-order valence-corrected chi connectivity index (χ0v) is 38.4. The molecule has 0 aromatic heterocycles. The van der Waals surface area contributed by atoms with Crippen molar-refractivity contribution in [1.82, 2.24) is 15.1 Å². The van der Waals surface area contributed by atoms with Gasteiger partial charge in [-0.05, 0) is 136 Å². The van der Waals surface area contributed by atoms with Gasteiger partial charge in [-0.1, -0.05) is 19.4 Å². The van der Waals surface area contributed by atoms with Crippen molar-refractivity contribution in [1.29, 1.82) is 0 Å². The van der Waals surface area contributed by atoms with Crippen LogP contribution < -0.4 is 10.1 Å². The first-order valence-electron chi connectivity index (χ1n) is 23.2. The quantitative estimate of drug-likeness (QED) is 0.0667. The van der Waals surface area contributed by atoms with E-state index in [1.54, 1.807) is 7.05 Å². The highest BCUT2D eigenvalue weighted by Gasteiger charge is 2.85. The summed E-state index contributed by atoms with van der Waals surface area (Å²) in [5, 5.41) is 2.76. The first kappa shape index (κ1) is 54.0. The fourth-order valence-electron chi connectivity index (χ4n) is 10.6. The average molecular weight is 998 g/mol. The lowest BCUT2D eigenvalue weighted by atomic mass is 9.55. The molecule has 384 valence electrons. The van der Waals surface area contributed by atoms with Gasteiger partial charge in [0.05, 0.1) is 32.5 Å². The Labute approximate surface area is 393 Å². The standard InChI is InChI=1S/C48H58F11N3O7/c1-44-17-16-34-33-11-9-32(27-31(33)8-10-35(34)37(44)12-13-40(44)67-21-6-22-69-45(46(51,52)53,47(54,55)56)48(57,58)59)68-29-30-25-38(49)36(39(50)26-30)28-61(2)19-5-3-4-7-41(63)60-18-23-66-24-20-62-42(64)14-15-43(62)65/h9,11,14-15,25-27,34-35,37,40H,3-8,10,12-13,16-24,28-29H2,1-2H3,(H,60,63). The number of imide groups is 1. The molecule has 3 amide bonds. The first-order valence-corrected chi connectivity index (χ1v) is 23.2. The molecule has 0 radical (unpaired) electrons. The summed E-state index contributed by atoms with van der Waals surface area (Å²) in [5.74, 6) is -1.05. The summed E-state index contributed by atoms with van der Waals surface area (Å²) in [4.78, 5) is 38.1. The molecule has 2 saturated carbocycles. The van der Waals surface area contributed by atoms with E-state index in [0.717, 1.165) is 49.0 Å². The minimum absolute atomic E-state index is 0.0452. The van der Waals surface area contributed by atoms with Gasteiger partial charge in [-0.15, -0.1) is 0 Å². The van der Waals surface area contributed by atoms with Gasteiger partial charge in [0, 0.05) is 43.8 Å². The number of ether oxygens (including phenoxy) is 4. The monoisotopic (exact) mass is 997 g/mol. The molecule has 6 rings (SSSR count). The third-order valence-electron chi connectivity index (χ3n) is 14.1. The number of amides is 3. The lowest BCUT2D eigenvalue weighted by Crippen LogP contribution is -2.67. The van der Waals surface area contributed by atoms with Gasteiger partial charge in [-0.25, -0.2) is 8.78 Å². The lowest BCUT2D eigenvalue weighted by Gasteiger charge is -2.50. The highest BCUT2D eigenvalue weighted by molar-refractivity contribution is 6.12. The number of fused-ring (bicyclic) bond motifs is 5. The molecule has 2 fully saturated rings. The Morgan fingerprint density at radius 1 is 0.826 bits per heavy atom. The maximum Gasteiger partial charge on any atom is 0.435 e. The van der Waals surface area contributed by atoms with Crippen LogP contribution in [-0.4, -0.2) is 111 Å². The molecule has 21 heteroatoms. The van der Waals surface area contributed by atoms with Gasteiger partial charge >= 0.3 is 24.1 Å². The van der Waals surface area contributed by atoms with Crippen molar-refractivity contribution in [2.45, 2.75) is 127 Å². The highest BCUT2D eigenvalue weighted by atomic mass is 19.4. The number of nitrogens with one attached hydrogen (secondary N) is 1. The second-order valence-corrected chi connectivity index (χ2v) is 18.6. The topological polar surface area (TPSA) is 107 Å². The van der Waals surface area contributed by atoms with Gasteiger partial charge in [0.2, 0.25) is 5.91 Å². The van der Waals surface area contributed by atoms with Gasteiger partial charge in [-0.2, -0.15) is 39.5 Å². The summed E-state index contributed by atoms with van der Waals surface area (Å²) in [6.45, 7) is 1.57. The number of nitrogens with zero attached hydrogens (tertiary/aromatic N) is 2. The second kappa shape index (κ2) is 22.4. The average Bonchev–Trinajstić information content (AvgIpc) is 3.77. The summed E-state index contributed by atoms with van der Waals surface area (Å²) in [6.07, 6.45) is -12.1. The van der Waals surface area contributed by atoms with Crippen molar-refractivity contribution in [3.8, 4) is 5.75 Å². The van der Waals surface area contributed by atoms with Crippen LogP contribution in [0, 0.1) is 28.9 Å². The molecule has 10 nitrogen and oxygen atoms in total. The molecule has 2 aromatic rings. The Balaban J connectivity index is 0.894. The molecule has 4 aliphatic rings. The van der Waals surface area contributed by atoms with Crippen molar-refractivity contribution in [3.05, 3.63) is 76.4 Å². The van der Waals surface area contributed by atoms with Gasteiger partial charge in [-0.3, -0.25) is 19.3 Å². The van der Waals surface area contributed by atoms with Crippen LogP contribution in [-0.2, 0) is 48.2 Å². The molecular formula is C48H58F11N3O7. The molecule has 2 aromatic carbocycles. The number of unbranched alkanes of at least 4 members (excludes halogenated alkanes) is 2. The van der Waals surface area contributed by atoms with Crippen LogP contribution in [0.2, 0.25) is 0 Å². The summed E-state index contributed by atoms with van der Waals surface area (Å²) in [5.41, 5.74) is -4.13. The third kappa shape index (κ3) is 12.4. The van der Waals surface area contributed by atoms with Gasteiger partial charge in [0.1, 0.15) is 24.0 Å². The van der Waals surface area contributed by atoms with Crippen LogP contribution in [0.1, 0.15) is 99.3 Å². The fourth-order valence-corrected chi connectivity index (χ4v) is 10.6. The van der Waals surface area contributed by atoms with Crippen molar-refractivity contribution >= 4 is 17.7 Å². The minimum Gasteiger partial charge on any atom is -0.489 e. The lowest BCUT2D eigenvalue weighted by molar-refractivity contribution is -0.457. The number of halogens is 11. The number of carbonyl (C=O) groups excluding carboxylic acids is 3. The van der Waals surface area contributed by atoms with Gasteiger partial charge < -0.3 is 29.2 Å². The Hall–Kier alpha value is -4.34. The summed E-state index contributed by atoms with van der Waals surface area (Å²) >= 11 is 0. The predicted molar refractivity (Wildman–Crippen MR) is 227 cm³/mol. The summed E-state index contributed by atoms with van der Waals surface area (Å²) in [7, 11) is 1.76. The smallest absolute Gasteiger partial charge is 0.435 e. The number of rotatable bonds is 23. The van der Waals surface area contributed by atoms with Gasteiger partial charge in [0.25, 0.3) is 11.8 Å². The number of aryl methyl sites for hydroxylation is 1. The van der Waals surface area contributed by atoms with Crippen LogP contribution in [0.15, 0.2) is 42.5 Å². The van der Waals surface area contributed by atoms with Crippen molar-refractivity contribution in [3.63, 3.8) is 0 Å². The Kier molecular flexibility index (Phi) is 17.5. The largest absolute Gasteiger partial charge is 0.489 e. The van der Waals surface area contributed by atoms with Crippen LogP contribution in [0.4, 0.5) is 48.3 Å². The van der Waals surface area contributed by atoms with E-state index in [-0.39, 0.29) is 98.6 Å². The summed E-state index contributed by atoms with van der Waals surface area (Å²) in [6, 6.07) is 8.30. The zero-order chi connectivity index (χ0) is 50.4. The van der Waals surface area contributed by atoms with Gasteiger partial charge in [0.15, 0.2) is 0 Å². The number of hydrogen-bond acceptors (Lipinski definition) is 8. The van der Waals surface area contributed by atoms with Crippen LogP contribution in [0.5, 0.6) is 5.75 Å². The molecular weight excluding hydrogens is 940 g/mol. The van der Waals surface area contributed by atoms with E-state index in [4.69, 9.17) is 14.2 Å². The number of benzene rings is 2. The Bertz CT molecular complexity index is 2070. The van der Waals surface area contributed by atoms with E-state index in [9.17, 15) is 53.9 Å². The Morgan fingerprint density at radius 2 is 1.51 bits per heavy atom. The van der Waals surface area contributed by atoms with Crippen LogP contribution >= 0.6 is 0 Å². The van der Waals surface area contributed by atoms with E-state index < -0.39 is 48.8 Å². The Morgan fingerprint density at radius 3 is 2.17 bits per heavy atom. The van der Waals surface area contributed by atoms with E-state index in [2.05, 4.69) is 17.0 Å². The molecule has 69 heavy (non-hydrogen) atoms. The third-order valence-corrected chi connectivity index (χ3v) is 14.1. The zero-order valence-electron chi connectivity index (χ0n) is 38.4. The molecule has 0 saturated heterocycles. The maximum absolute atomic E-state index is 15.2. The molecule has 0 bridgehead atoms. The van der Waals surface area contributed by atoms with E-state index in [1.807, 2.05) is 23.1 Å². The van der Waals surface area contributed by atoms with Crippen molar-refractivity contribution < 1.29 is 81.6 Å². The van der Waals surface area contributed by atoms with Crippen LogP contribution in [0.25, 0.3) is 0 Å². The van der Waals surface area contributed by atoms with E-state index >= 15 is 8.78 Å². The number of carbonyl (C=O) groups is 3. The molecule has 1 heterocycles. The maximum atomic E-state index is 15.2. The molecule has 1 aliphatic heterocycles. The van der Waals surface area contributed by atoms with Crippen molar-refractivity contribution in [2.75, 3.05) is 53.1 Å².